The Morgan fingerprint density at radius 3 is 2.52 bits per heavy atom. The molecule has 0 radical (unpaired) electrons. The van der Waals surface area contributed by atoms with Gasteiger partial charge in [0, 0.05) is 40.1 Å². The third-order valence-corrected chi connectivity index (χ3v) is 15.3. The van der Waals surface area contributed by atoms with Gasteiger partial charge in [-0.15, -0.1) is 0 Å². The largest absolute Gasteiger partial charge is 0.489 e. The minimum atomic E-state index is -1.77. The third kappa shape index (κ3) is 8.53. The van der Waals surface area contributed by atoms with Gasteiger partial charge in [0.1, 0.15) is 37.0 Å². The monoisotopic (exact) mass is 668 g/mol. The number of fused-ring (bicyclic) bond motifs is 2. The highest BCUT2D eigenvalue weighted by molar-refractivity contribution is 6.76. The molecule has 4 rings (SSSR count). The first-order chi connectivity index (χ1) is 21.5. The lowest BCUT2D eigenvalue weighted by atomic mass is 10.1. The summed E-state index contributed by atoms with van der Waals surface area (Å²) in [5.74, 6) is 1.40. The lowest BCUT2D eigenvalue weighted by Gasteiger charge is -2.38. The number of unbranched alkanes of at least 4 members (excludes halogenated alkanes) is 1. The van der Waals surface area contributed by atoms with E-state index in [0.29, 0.717) is 36.7 Å². The minimum absolute atomic E-state index is 0.123. The second-order valence-electron chi connectivity index (χ2n) is 15.4. The number of ether oxygens (including phenoxy) is 3. The Balaban J connectivity index is 1.65. The van der Waals surface area contributed by atoms with Crippen molar-refractivity contribution in [2.75, 3.05) is 37.9 Å². The van der Waals surface area contributed by atoms with Gasteiger partial charge in [0.25, 0.3) is 0 Å². The standard InChI is InChI=1S/C35H56N4O5Si2/c1-26(2)23-42-31-16-17-36-33-32(31)39(34(40)38(33)25-41-20-21-45(7,8)9)28-14-15-30-29(22-28)37(27(3)24-43-30)18-12-13-19-44-46(10,11)35(4,5)6/h14-17,22,27H,1,12-13,18-21,23-25H2,2-11H3. The van der Waals surface area contributed by atoms with Crippen LogP contribution in [0.5, 0.6) is 11.5 Å². The molecule has 0 bridgehead atoms. The van der Waals surface area contributed by atoms with E-state index in [1.54, 1.807) is 21.4 Å². The molecule has 0 N–H and O–H groups in total. The van der Waals surface area contributed by atoms with Crippen molar-refractivity contribution in [3.05, 3.63) is 53.1 Å². The van der Waals surface area contributed by atoms with Crippen LogP contribution in [0.15, 0.2) is 47.4 Å². The fourth-order valence-electron chi connectivity index (χ4n) is 5.15. The average Bonchev–Trinajstić information content (AvgIpc) is 3.24. The summed E-state index contributed by atoms with van der Waals surface area (Å²) < 4.78 is 28.1. The topological polar surface area (TPSA) is 80.0 Å². The van der Waals surface area contributed by atoms with Gasteiger partial charge in [-0.3, -0.25) is 9.13 Å². The van der Waals surface area contributed by atoms with E-state index in [4.69, 9.17) is 18.6 Å². The highest BCUT2D eigenvalue weighted by atomic mass is 28.4. The van der Waals surface area contributed by atoms with Crippen LogP contribution < -0.4 is 20.1 Å². The zero-order chi connectivity index (χ0) is 33.9. The molecule has 254 valence electrons. The molecular weight excluding hydrogens is 613 g/mol. The number of benzene rings is 1. The van der Waals surface area contributed by atoms with Crippen molar-refractivity contribution < 1.29 is 18.6 Å². The molecule has 3 aromatic rings. The van der Waals surface area contributed by atoms with Gasteiger partial charge >= 0.3 is 5.69 Å². The summed E-state index contributed by atoms with van der Waals surface area (Å²) in [5.41, 5.74) is 3.51. The lowest BCUT2D eigenvalue weighted by Crippen LogP contribution is -2.42. The van der Waals surface area contributed by atoms with Gasteiger partial charge in [-0.25, -0.2) is 9.78 Å². The first-order valence-electron chi connectivity index (χ1n) is 16.6. The highest BCUT2D eigenvalue weighted by Crippen LogP contribution is 2.38. The van der Waals surface area contributed by atoms with Crippen LogP contribution in [0.25, 0.3) is 16.9 Å². The van der Waals surface area contributed by atoms with Crippen LogP contribution in [-0.4, -0.2) is 69.5 Å². The number of nitrogens with zero attached hydrogens (tertiary/aromatic N) is 4. The van der Waals surface area contributed by atoms with Crippen LogP contribution in [0.2, 0.25) is 43.8 Å². The number of imidazole rings is 1. The molecule has 11 heteroatoms. The van der Waals surface area contributed by atoms with Crippen molar-refractivity contribution in [3.63, 3.8) is 0 Å². The smallest absolute Gasteiger partial charge is 0.337 e. The van der Waals surface area contributed by atoms with Crippen LogP contribution in [0.3, 0.4) is 0 Å². The molecule has 46 heavy (non-hydrogen) atoms. The molecule has 1 aromatic carbocycles. The van der Waals surface area contributed by atoms with Gasteiger partial charge in [0.05, 0.1) is 17.4 Å². The molecule has 3 heterocycles. The number of pyridine rings is 1. The molecule has 0 saturated heterocycles. The summed E-state index contributed by atoms with van der Waals surface area (Å²) in [7, 11) is -3.05. The highest BCUT2D eigenvalue weighted by Gasteiger charge is 2.37. The molecule has 1 unspecified atom stereocenters. The Kier molecular flexibility index (Phi) is 11.3. The van der Waals surface area contributed by atoms with Gasteiger partial charge in [0.15, 0.2) is 14.0 Å². The van der Waals surface area contributed by atoms with E-state index in [0.717, 1.165) is 54.7 Å². The zero-order valence-corrected chi connectivity index (χ0v) is 31.9. The Hall–Kier alpha value is -2.87. The predicted octanol–water partition coefficient (Wildman–Crippen LogP) is 7.84. The van der Waals surface area contributed by atoms with Gasteiger partial charge in [-0.05, 0) is 74.6 Å². The summed E-state index contributed by atoms with van der Waals surface area (Å²) >= 11 is 0. The molecule has 9 nitrogen and oxygen atoms in total. The molecule has 0 spiro atoms. The van der Waals surface area contributed by atoms with Gasteiger partial charge in [-0.2, -0.15) is 0 Å². The van der Waals surface area contributed by atoms with Crippen molar-refractivity contribution in [2.45, 2.75) is 104 Å². The number of hydrogen-bond donors (Lipinski definition) is 0. The van der Waals surface area contributed by atoms with Gasteiger partial charge < -0.3 is 23.5 Å². The maximum absolute atomic E-state index is 14.2. The van der Waals surface area contributed by atoms with Gasteiger partial charge in [-0.1, -0.05) is 47.0 Å². The SMILES string of the molecule is C=C(C)COc1ccnc2c1n(-c1ccc3c(c1)N(CCCCO[Si](C)(C)C(C)(C)C)C(C)CO3)c(=O)n2COCC[Si](C)(C)C. The summed E-state index contributed by atoms with van der Waals surface area (Å²) in [5, 5.41) is 0.202. The third-order valence-electron chi connectivity index (χ3n) is 9.04. The van der Waals surface area contributed by atoms with E-state index in [-0.39, 0.29) is 23.5 Å². The Morgan fingerprint density at radius 1 is 1.11 bits per heavy atom. The van der Waals surface area contributed by atoms with Crippen LogP contribution in [0.1, 0.15) is 47.5 Å². The Labute approximate surface area is 277 Å². The van der Waals surface area contributed by atoms with Crippen molar-refractivity contribution in [2.24, 2.45) is 0 Å². The first-order valence-corrected chi connectivity index (χ1v) is 23.2. The van der Waals surface area contributed by atoms with E-state index < -0.39 is 16.4 Å². The Morgan fingerprint density at radius 2 is 1.85 bits per heavy atom. The van der Waals surface area contributed by atoms with Crippen LogP contribution in [0.4, 0.5) is 5.69 Å². The van der Waals surface area contributed by atoms with Crippen LogP contribution in [-0.2, 0) is 15.9 Å². The lowest BCUT2D eigenvalue weighted by molar-refractivity contribution is 0.0871. The molecule has 1 atom stereocenters. The van der Waals surface area contributed by atoms with E-state index >= 15 is 0 Å². The molecule has 0 saturated carbocycles. The molecule has 0 fully saturated rings. The van der Waals surface area contributed by atoms with Crippen molar-refractivity contribution in [1.29, 1.82) is 0 Å². The summed E-state index contributed by atoms with van der Waals surface area (Å²) in [6.45, 7) is 29.8. The first kappa shape index (κ1) is 36.0. The fourth-order valence-corrected chi connectivity index (χ4v) is 6.99. The fraction of sp³-hybridized carbons (Fsp3) is 0.600. The molecule has 0 aliphatic carbocycles. The van der Waals surface area contributed by atoms with Gasteiger partial charge in [0.2, 0.25) is 0 Å². The molecular formula is C35H56N4O5Si2. The quantitative estimate of drug-likeness (QED) is 0.0927. The summed E-state index contributed by atoms with van der Waals surface area (Å²) in [6, 6.07) is 8.98. The maximum Gasteiger partial charge on any atom is 0.337 e. The second kappa shape index (κ2) is 14.5. The van der Waals surface area contributed by atoms with E-state index in [9.17, 15) is 4.79 Å². The second-order valence-corrected chi connectivity index (χ2v) is 25.9. The predicted molar refractivity (Wildman–Crippen MR) is 194 cm³/mol. The number of anilines is 1. The zero-order valence-electron chi connectivity index (χ0n) is 29.9. The average molecular weight is 669 g/mol. The summed E-state index contributed by atoms with van der Waals surface area (Å²) in [4.78, 5) is 21.2. The maximum atomic E-state index is 14.2. The van der Waals surface area contributed by atoms with Crippen LogP contribution in [0, 0.1) is 0 Å². The van der Waals surface area contributed by atoms with E-state index in [1.165, 1.54) is 0 Å². The number of aromatic nitrogens is 3. The molecule has 0 amide bonds. The normalized spacial score (nSPS) is 15.6. The van der Waals surface area contributed by atoms with Crippen LogP contribution >= 0.6 is 0 Å². The minimum Gasteiger partial charge on any atom is -0.489 e. The Bertz CT molecular complexity index is 1570. The van der Waals surface area contributed by atoms with Crippen molar-refractivity contribution >= 4 is 33.2 Å². The van der Waals surface area contributed by atoms with E-state index in [1.807, 2.05) is 19.1 Å². The van der Waals surface area contributed by atoms with E-state index in [2.05, 4.69) is 83.0 Å². The molecule has 2 aromatic heterocycles. The number of hydrogen-bond acceptors (Lipinski definition) is 7. The van der Waals surface area contributed by atoms with Crippen molar-refractivity contribution in [1.82, 2.24) is 14.1 Å². The number of rotatable bonds is 15. The molecule has 1 aliphatic heterocycles. The van der Waals surface area contributed by atoms with Crippen molar-refractivity contribution in [3.8, 4) is 17.2 Å². The molecule has 1 aliphatic rings. The summed E-state index contributed by atoms with van der Waals surface area (Å²) in [6.07, 6.45) is 3.67.